The molecule has 0 aliphatic carbocycles. The maximum Gasteiger partial charge on any atom is 0.241 e. The van der Waals surface area contributed by atoms with Crippen molar-refractivity contribution < 1.29 is 4.79 Å². The molecule has 0 aliphatic rings. The summed E-state index contributed by atoms with van der Waals surface area (Å²) in [5, 5.41) is 10.0. The maximum absolute atomic E-state index is 12.1. The van der Waals surface area contributed by atoms with Crippen molar-refractivity contribution in [3.05, 3.63) is 30.1 Å². The Labute approximate surface area is 130 Å². The van der Waals surface area contributed by atoms with Gasteiger partial charge in [-0.25, -0.2) is 4.98 Å². The van der Waals surface area contributed by atoms with Gasteiger partial charge in [0.1, 0.15) is 5.82 Å². The number of carbonyl (C=O) groups is 1. The van der Waals surface area contributed by atoms with Crippen molar-refractivity contribution in [1.82, 2.24) is 15.2 Å². The van der Waals surface area contributed by atoms with Crippen molar-refractivity contribution in [2.45, 2.75) is 45.6 Å². The fourth-order valence-corrected chi connectivity index (χ4v) is 2.11. The smallest absolute Gasteiger partial charge is 0.241 e. The van der Waals surface area contributed by atoms with Crippen molar-refractivity contribution in [2.24, 2.45) is 5.73 Å². The van der Waals surface area contributed by atoms with Crippen molar-refractivity contribution in [2.75, 3.05) is 5.32 Å². The van der Waals surface area contributed by atoms with Crippen LogP contribution in [0.25, 0.3) is 11.4 Å². The molecule has 0 bridgehead atoms. The molecule has 6 heteroatoms. The largest absolute Gasteiger partial charge is 0.324 e. The Morgan fingerprint density at radius 1 is 1.36 bits per heavy atom. The van der Waals surface area contributed by atoms with E-state index in [9.17, 15) is 4.79 Å². The third-order valence-electron chi connectivity index (χ3n) is 3.41. The van der Waals surface area contributed by atoms with E-state index in [-0.39, 0.29) is 11.8 Å². The number of rotatable bonds is 6. The van der Waals surface area contributed by atoms with Gasteiger partial charge < -0.3 is 11.1 Å². The van der Waals surface area contributed by atoms with Crippen LogP contribution in [0.3, 0.4) is 0 Å². The fourth-order valence-electron chi connectivity index (χ4n) is 2.11. The number of amides is 1. The number of aromatic amines is 1. The normalized spacial score (nSPS) is 12.4. The molecule has 0 radical (unpaired) electrons. The minimum Gasteiger partial charge on any atom is -0.324 e. The standard InChI is InChI=1S/C16H23N5O/c1-4-7-12(17)16(22)18-13-9-6-5-8-11(13)15-19-14(10(2)3)20-21-15/h5-6,8-10,12H,4,7,17H2,1-3H3,(H,18,22)(H,19,20,21). The maximum atomic E-state index is 12.1. The number of benzene rings is 1. The molecule has 6 nitrogen and oxygen atoms in total. The first-order valence-corrected chi connectivity index (χ1v) is 7.61. The molecule has 1 heterocycles. The first kappa shape index (κ1) is 16.2. The highest BCUT2D eigenvalue weighted by molar-refractivity contribution is 5.97. The average Bonchev–Trinajstić information content (AvgIpc) is 2.98. The van der Waals surface area contributed by atoms with Gasteiger partial charge in [-0.1, -0.05) is 39.3 Å². The van der Waals surface area contributed by atoms with Gasteiger partial charge in [-0.15, -0.1) is 0 Å². The van der Waals surface area contributed by atoms with Crippen molar-refractivity contribution in [1.29, 1.82) is 0 Å². The highest BCUT2D eigenvalue weighted by Crippen LogP contribution is 2.26. The molecular formula is C16H23N5O. The zero-order valence-electron chi connectivity index (χ0n) is 13.3. The van der Waals surface area contributed by atoms with E-state index in [2.05, 4.69) is 20.5 Å². The number of carbonyl (C=O) groups excluding carboxylic acids is 1. The number of anilines is 1. The van der Waals surface area contributed by atoms with Crippen LogP contribution < -0.4 is 11.1 Å². The molecule has 0 spiro atoms. The first-order valence-electron chi connectivity index (χ1n) is 7.61. The van der Waals surface area contributed by atoms with Gasteiger partial charge in [-0.3, -0.25) is 9.89 Å². The van der Waals surface area contributed by atoms with Crippen LogP contribution in [0.5, 0.6) is 0 Å². The molecule has 2 rings (SSSR count). The predicted octanol–water partition coefficient (Wildman–Crippen LogP) is 2.66. The molecule has 118 valence electrons. The molecule has 22 heavy (non-hydrogen) atoms. The molecule has 1 atom stereocenters. The van der Waals surface area contributed by atoms with Crippen molar-refractivity contribution >= 4 is 11.6 Å². The summed E-state index contributed by atoms with van der Waals surface area (Å²) in [5.41, 5.74) is 7.31. The molecule has 1 unspecified atom stereocenters. The zero-order valence-corrected chi connectivity index (χ0v) is 13.3. The molecule has 4 N–H and O–H groups in total. The lowest BCUT2D eigenvalue weighted by Gasteiger charge is -2.13. The molecule has 1 amide bonds. The van der Waals surface area contributed by atoms with E-state index < -0.39 is 6.04 Å². The predicted molar refractivity (Wildman–Crippen MR) is 87.4 cm³/mol. The van der Waals surface area contributed by atoms with Gasteiger partial charge in [0, 0.05) is 11.5 Å². The molecule has 0 saturated heterocycles. The molecule has 0 aliphatic heterocycles. The lowest BCUT2D eigenvalue weighted by atomic mass is 10.1. The van der Waals surface area contributed by atoms with E-state index in [4.69, 9.17) is 5.73 Å². The van der Waals surface area contributed by atoms with Gasteiger partial charge >= 0.3 is 0 Å². The van der Waals surface area contributed by atoms with Gasteiger partial charge in [0.05, 0.1) is 11.7 Å². The minimum atomic E-state index is -0.503. The topological polar surface area (TPSA) is 96.7 Å². The lowest BCUT2D eigenvalue weighted by molar-refractivity contribution is -0.117. The Morgan fingerprint density at radius 3 is 2.73 bits per heavy atom. The third kappa shape index (κ3) is 3.71. The van der Waals surface area contributed by atoms with E-state index in [0.29, 0.717) is 17.9 Å². The number of hydrogen-bond donors (Lipinski definition) is 3. The second-order valence-electron chi connectivity index (χ2n) is 5.63. The van der Waals surface area contributed by atoms with Crippen LogP contribution in [0, 0.1) is 0 Å². The minimum absolute atomic E-state index is 0.186. The number of hydrogen-bond acceptors (Lipinski definition) is 4. The number of nitrogens with two attached hydrogens (primary N) is 1. The van der Waals surface area contributed by atoms with E-state index >= 15 is 0 Å². The molecule has 1 aromatic carbocycles. The second-order valence-corrected chi connectivity index (χ2v) is 5.63. The Kier molecular flexibility index (Phi) is 5.27. The average molecular weight is 301 g/mol. The first-order chi connectivity index (χ1) is 10.5. The second kappa shape index (κ2) is 7.17. The Balaban J connectivity index is 2.24. The summed E-state index contributed by atoms with van der Waals surface area (Å²) < 4.78 is 0. The third-order valence-corrected chi connectivity index (χ3v) is 3.41. The summed E-state index contributed by atoms with van der Waals surface area (Å²) in [6, 6.07) is 6.96. The molecule has 1 aromatic heterocycles. The van der Waals surface area contributed by atoms with Gasteiger partial charge in [0.25, 0.3) is 0 Å². The number of aromatic nitrogens is 3. The van der Waals surface area contributed by atoms with Crippen molar-refractivity contribution in [3.8, 4) is 11.4 Å². The van der Waals surface area contributed by atoms with Gasteiger partial charge in [0.15, 0.2) is 5.82 Å². The monoisotopic (exact) mass is 301 g/mol. The van der Waals surface area contributed by atoms with E-state index in [0.717, 1.165) is 17.8 Å². The number of para-hydroxylation sites is 1. The fraction of sp³-hybridized carbons (Fsp3) is 0.438. The highest BCUT2D eigenvalue weighted by atomic mass is 16.2. The summed E-state index contributed by atoms with van der Waals surface area (Å²) in [4.78, 5) is 16.6. The van der Waals surface area contributed by atoms with E-state index in [1.54, 1.807) is 0 Å². The van der Waals surface area contributed by atoms with Crippen LogP contribution in [0.4, 0.5) is 5.69 Å². The SMILES string of the molecule is CCCC(N)C(=O)Nc1ccccc1-c1n[nH]c(C(C)C)n1. The van der Waals surface area contributed by atoms with Crippen LogP contribution in [-0.2, 0) is 4.79 Å². The summed E-state index contributed by atoms with van der Waals surface area (Å²) in [5.74, 6) is 1.47. The summed E-state index contributed by atoms with van der Waals surface area (Å²) in [6.45, 7) is 6.09. The Hall–Kier alpha value is -2.21. The Bertz CT molecular complexity index is 635. The molecule has 0 fully saturated rings. The quantitative estimate of drug-likeness (QED) is 0.764. The highest BCUT2D eigenvalue weighted by Gasteiger charge is 2.16. The lowest BCUT2D eigenvalue weighted by Crippen LogP contribution is -2.35. The van der Waals surface area contributed by atoms with Gasteiger partial charge in [-0.05, 0) is 18.6 Å². The van der Waals surface area contributed by atoms with Crippen LogP contribution in [0.1, 0.15) is 45.4 Å². The number of nitrogens with one attached hydrogen (secondary N) is 2. The summed E-state index contributed by atoms with van der Waals surface area (Å²) in [6.07, 6.45) is 1.53. The van der Waals surface area contributed by atoms with Gasteiger partial charge in [0.2, 0.25) is 5.91 Å². The van der Waals surface area contributed by atoms with Crippen LogP contribution >= 0.6 is 0 Å². The van der Waals surface area contributed by atoms with Crippen molar-refractivity contribution in [3.63, 3.8) is 0 Å². The van der Waals surface area contributed by atoms with E-state index in [1.165, 1.54) is 0 Å². The number of nitrogens with zero attached hydrogens (tertiary/aromatic N) is 2. The molecular weight excluding hydrogens is 278 g/mol. The van der Waals surface area contributed by atoms with Gasteiger partial charge in [-0.2, -0.15) is 5.10 Å². The Morgan fingerprint density at radius 2 is 2.09 bits per heavy atom. The summed E-state index contributed by atoms with van der Waals surface area (Å²) >= 11 is 0. The number of H-pyrrole nitrogens is 1. The molecule has 2 aromatic rings. The molecule has 0 saturated carbocycles. The van der Waals surface area contributed by atoms with Crippen LogP contribution in [0.2, 0.25) is 0 Å². The van der Waals surface area contributed by atoms with E-state index in [1.807, 2.05) is 45.0 Å². The van der Waals surface area contributed by atoms with Crippen LogP contribution in [-0.4, -0.2) is 27.1 Å². The van der Waals surface area contributed by atoms with Crippen LogP contribution in [0.15, 0.2) is 24.3 Å². The summed E-state index contributed by atoms with van der Waals surface area (Å²) in [7, 11) is 0. The zero-order chi connectivity index (χ0) is 16.1.